The van der Waals surface area contributed by atoms with Crippen molar-refractivity contribution in [2.75, 3.05) is 46.4 Å². The van der Waals surface area contributed by atoms with Gasteiger partial charge in [-0.2, -0.15) is 0 Å². The zero-order valence-electron chi connectivity index (χ0n) is 12.5. The average molecular weight is 314 g/mol. The van der Waals surface area contributed by atoms with E-state index in [0.717, 1.165) is 12.1 Å². The molecule has 1 fully saturated rings. The Labute approximate surface area is 128 Å². The van der Waals surface area contributed by atoms with Crippen molar-refractivity contribution in [1.82, 2.24) is 9.80 Å². The smallest absolute Gasteiger partial charge is 0.236 e. The number of morpholine rings is 1. The molecule has 1 saturated heterocycles. The number of nitrogens with zero attached hydrogens (tertiary/aromatic N) is 2. The number of ether oxygens (including phenoxy) is 1. The summed E-state index contributed by atoms with van der Waals surface area (Å²) in [4.78, 5) is 15.3. The SMILES string of the molecule is CN(CC(=O)N1CCOCC1)CC(O)c1c(F)cccc1F. The van der Waals surface area contributed by atoms with Gasteiger partial charge in [-0.15, -0.1) is 0 Å². The molecule has 7 heteroatoms. The fourth-order valence-corrected chi connectivity index (χ4v) is 2.42. The molecule has 1 atom stereocenters. The van der Waals surface area contributed by atoms with E-state index in [9.17, 15) is 18.7 Å². The lowest BCUT2D eigenvalue weighted by Gasteiger charge is -2.29. The second kappa shape index (κ2) is 7.62. The minimum Gasteiger partial charge on any atom is -0.387 e. The van der Waals surface area contributed by atoms with Crippen molar-refractivity contribution in [3.8, 4) is 0 Å². The first-order chi connectivity index (χ1) is 10.5. The van der Waals surface area contributed by atoms with E-state index in [2.05, 4.69) is 0 Å². The van der Waals surface area contributed by atoms with Crippen molar-refractivity contribution in [2.24, 2.45) is 0 Å². The molecule has 5 nitrogen and oxygen atoms in total. The van der Waals surface area contributed by atoms with Gasteiger partial charge in [0.2, 0.25) is 5.91 Å². The van der Waals surface area contributed by atoms with Gasteiger partial charge < -0.3 is 14.7 Å². The Morgan fingerprint density at radius 1 is 1.36 bits per heavy atom. The number of hydrogen-bond acceptors (Lipinski definition) is 4. The van der Waals surface area contributed by atoms with Gasteiger partial charge in [-0.25, -0.2) is 8.78 Å². The van der Waals surface area contributed by atoms with Crippen LogP contribution in [0.4, 0.5) is 8.78 Å². The van der Waals surface area contributed by atoms with Crippen molar-refractivity contribution in [1.29, 1.82) is 0 Å². The van der Waals surface area contributed by atoms with E-state index in [1.165, 1.54) is 6.07 Å². The fraction of sp³-hybridized carbons (Fsp3) is 0.533. The minimum atomic E-state index is -1.33. The number of carbonyl (C=O) groups excluding carboxylic acids is 1. The Kier molecular flexibility index (Phi) is 5.82. The van der Waals surface area contributed by atoms with Crippen LogP contribution < -0.4 is 0 Å². The highest BCUT2D eigenvalue weighted by atomic mass is 19.1. The highest BCUT2D eigenvalue weighted by Crippen LogP contribution is 2.21. The van der Waals surface area contributed by atoms with Crippen LogP contribution >= 0.6 is 0 Å². The molecule has 1 aliphatic heterocycles. The lowest BCUT2D eigenvalue weighted by Crippen LogP contribution is -2.45. The van der Waals surface area contributed by atoms with Gasteiger partial charge in [-0.05, 0) is 19.2 Å². The molecule has 0 aliphatic carbocycles. The second-order valence-electron chi connectivity index (χ2n) is 5.34. The quantitative estimate of drug-likeness (QED) is 0.873. The normalized spacial score (nSPS) is 16.9. The third kappa shape index (κ3) is 4.22. The van der Waals surface area contributed by atoms with Crippen LogP contribution in [0.5, 0.6) is 0 Å². The van der Waals surface area contributed by atoms with Crippen molar-refractivity contribution in [2.45, 2.75) is 6.10 Å². The third-order valence-electron chi connectivity index (χ3n) is 3.59. The van der Waals surface area contributed by atoms with E-state index in [1.54, 1.807) is 16.8 Å². The number of rotatable bonds is 5. The fourth-order valence-electron chi connectivity index (χ4n) is 2.42. The maximum atomic E-state index is 13.6. The number of hydrogen-bond donors (Lipinski definition) is 1. The van der Waals surface area contributed by atoms with Crippen LogP contribution in [0, 0.1) is 11.6 Å². The van der Waals surface area contributed by atoms with Crippen molar-refractivity contribution >= 4 is 5.91 Å². The first kappa shape index (κ1) is 16.8. The summed E-state index contributed by atoms with van der Waals surface area (Å²) in [5, 5.41) is 10.0. The molecule has 1 aliphatic rings. The molecule has 1 N–H and O–H groups in total. The van der Waals surface area contributed by atoms with Crippen molar-refractivity contribution in [3.05, 3.63) is 35.4 Å². The number of benzene rings is 1. The Hall–Kier alpha value is -1.57. The number of aliphatic hydroxyl groups is 1. The van der Waals surface area contributed by atoms with Crippen LogP contribution in [0.3, 0.4) is 0 Å². The molecule has 0 spiro atoms. The van der Waals surface area contributed by atoms with E-state index in [1.807, 2.05) is 0 Å². The van der Waals surface area contributed by atoms with Gasteiger partial charge in [-0.1, -0.05) is 6.07 Å². The van der Waals surface area contributed by atoms with Crippen LogP contribution in [0.1, 0.15) is 11.7 Å². The summed E-state index contributed by atoms with van der Waals surface area (Å²) >= 11 is 0. The van der Waals surface area contributed by atoms with E-state index >= 15 is 0 Å². The average Bonchev–Trinajstić information content (AvgIpc) is 2.47. The van der Waals surface area contributed by atoms with Crippen molar-refractivity contribution in [3.63, 3.8) is 0 Å². The molecule has 2 rings (SSSR count). The molecule has 1 aromatic rings. The zero-order valence-corrected chi connectivity index (χ0v) is 12.5. The summed E-state index contributed by atoms with van der Waals surface area (Å²) in [7, 11) is 1.63. The summed E-state index contributed by atoms with van der Waals surface area (Å²) in [5.74, 6) is -1.67. The molecule has 122 valence electrons. The molecular formula is C15H20F2N2O3. The Balaban J connectivity index is 1.90. The largest absolute Gasteiger partial charge is 0.387 e. The van der Waals surface area contributed by atoms with Gasteiger partial charge in [0.1, 0.15) is 11.6 Å². The molecule has 22 heavy (non-hydrogen) atoms. The maximum absolute atomic E-state index is 13.6. The van der Waals surface area contributed by atoms with E-state index in [0.29, 0.717) is 26.3 Å². The highest BCUT2D eigenvalue weighted by molar-refractivity contribution is 5.78. The van der Waals surface area contributed by atoms with Gasteiger partial charge in [0.05, 0.1) is 31.4 Å². The van der Waals surface area contributed by atoms with Gasteiger partial charge in [-0.3, -0.25) is 9.69 Å². The Morgan fingerprint density at radius 3 is 2.55 bits per heavy atom. The number of likely N-dealkylation sites (N-methyl/N-ethyl adjacent to an activating group) is 1. The Morgan fingerprint density at radius 2 is 1.95 bits per heavy atom. The summed E-state index contributed by atoms with van der Waals surface area (Å²) in [6, 6.07) is 3.44. The summed E-state index contributed by atoms with van der Waals surface area (Å²) in [5.41, 5.74) is -0.367. The van der Waals surface area contributed by atoms with Gasteiger partial charge >= 0.3 is 0 Å². The summed E-state index contributed by atoms with van der Waals surface area (Å²) in [6.07, 6.45) is -1.33. The molecule has 1 aromatic carbocycles. The third-order valence-corrected chi connectivity index (χ3v) is 3.59. The van der Waals surface area contributed by atoms with Gasteiger partial charge in [0.15, 0.2) is 0 Å². The van der Waals surface area contributed by atoms with E-state index in [-0.39, 0.29) is 24.6 Å². The van der Waals surface area contributed by atoms with Crippen LogP contribution in [-0.4, -0.2) is 67.3 Å². The monoisotopic (exact) mass is 314 g/mol. The van der Waals surface area contributed by atoms with Crippen LogP contribution in [0.15, 0.2) is 18.2 Å². The van der Waals surface area contributed by atoms with Crippen LogP contribution in [0.2, 0.25) is 0 Å². The molecule has 0 bridgehead atoms. The molecule has 0 aromatic heterocycles. The van der Waals surface area contributed by atoms with E-state index in [4.69, 9.17) is 4.74 Å². The molecule has 1 heterocycles. The first-order valence-electron chi connectivity index (χ1n) is 7.15. The summed E-state index contributed by atoms with van der Waals surface area (Å²) < 4.78 is 32.4. The number of amides is 1. The predicted octanol–water partition coefficient (Wildman–Crippen LogP) is 0.789. The maximum Gasteiger partial charge on any atom is 0.236 e. The second-order valence-corrected chi connectivity index (χ2v) is 5.34. The molecular weight excluding hydrogens is 294 g/mol. The van der Waals surface area contributed by atoms with Gasteiger partial charge in [0.25, 0.3) is 0 Å². The van der Waals surface area contributed by atoms with Gasteiger partial charge in [0, 0.05) is 19.6 Å². The predicted molar refractivity (Wildman–Crippen MR) is 76.2 cm³/mol. The number of carbonyl (C=O) groups is 1. The van der Waals surface area contributed by atoms with Crippen molar-refractivity contribution < 1.29 is 23.4 Å². The number of aliphatic hydroxyl groups excluding tert-OH is 1. The molecule has 1 amide bonds. The van der Waals surface area contributed by atoms with Crippen LogP contribution in [-0.2, 0) is 9.53 Å². The molecule has 0 radical (unpaired) electrons. The Bertz CT molecular complexity index is 501. The minimum absolute atomic E-state index is 0.0338. The van der Waals surface area contributed by atoms with Crippen LogP contribution in [0.25, 0.3) is 0 Å². The molecule has 1 unspecified atom stereocenters. The first-order valence-corrected chi connectivity index (χ1v) is 7.15. The van der Waals surface area contributed by atoms with E-state index < -0.39 is 17.7 Å². The zero-order chi connectivity index (χ0) is 16.1. The lowest BCUT2D eigenvalue weighted by atomic mass is 10.1. The lowest BCUT2D eigenvalue weighted by molar-refractivity contribution is -0.136. The molecule has 0 saturated carbocycles. The number of halogens is 2. The summed E-state index contributed by atoms with van der Waals surface area (Å²) in [6.45, 7) is 2.15. The standard InChI is InChI=1S/C15H20F2N2O3/c1-18(10-14(21)19-5-7-22-8-6-19)9-13(20)15-11(16)3-2-4-12(15)17/h2-4,13,20H,5-10H2,1H3. The topological polar surface area (TPSA) is 53.0 Å². The highest BCUT2D eigenvalue weighted by Gasteiger charge is 2.22.